The molecule has 1 N–H and O–H groups in total. The van der Waals surface area contributed by atoms with E-state index in [0.717, 1.165) is 18.2 Å². The van der Waals surface area contributed by atoms with E-state index in [2.05, 4.69) is 10.1 Å². The van der Waals surface area contributed by atoms with E-state index >= 15 is 0 Å². The molecule has 0 aliphatic rings. The topological polar surface area (TPSA) is 64.6 Å². The number of ether oxygens (including phenoxy) is 2. The minimum Gasteiger partial charge on any atom is -0.452 e. The molecule has 1 atom stereocenters. The summed E-state index contributed by atoms with van der Waals surface area (Å²) in [5.41, 5.74) is 0.104. The second-order valence-electron chi connectivity index (χ2n) is 5.43. The number of nitrogens with one attached hydrogen (secondary N) is 1. The van der Waals surface area contributed by atoms with Gasteiger partial charge in [-0.15, -0.1) is 0 Å². The molecule has 144 valence electrons. The number of hydrogen-bond acceptors (Lipinski definition) is 4. The van der Waals surface area contributed by atoms with E-state index < -0.39 is 42.8 Å². The average molecular weight is 385 g/mol. The molecule has 0 saturated heterocycles. The molecule has 0 spiro atoms. The second kappa shape index (κ2) is 9.02. The number of carbonyl (C=O) groups is 2. The van der Waals surface area contributed by atoms with Crippen molar-refractivity contribution in [1.82, 2.24) is 5.32 Å². The van der Waals surface area contributed by atoms with Crippen LogP contribution in [0.4, 0.5) is 17.6 Å². The fourth-order valence-electron chi connectivity index (χ4n) is 2.20. The van der Waals surface area contributed by atoms with Gasteiger partial charge in [-0.2, -0.15) is 8.78 Å². The maximum Gasteiger partial charge on any atom is 0.387 e. The molecular formula is C18H15F4NO4. The lowest BCUT2D eigenvalue weighted by Gasteiger charge is -2.15. The minimum absolute atomic E-state index is 0.0297. The van der Waals surface area contributed by atoms with E-state index in [9.17, 15) is 27.2 Å². The summed E-state index contributed by atoms with van der Waals surface area (Å²) in [4.78, 5) is 23.7. The summed E-state index contributed by atoms with van der Waals surface area (Å²) in [5, 5.41) is 2.41. The van der Waals surface area contributed by atoms with Crippen LogP contribution in [0.1, 0.15) is 28.9 Å². The van der Waals surface area contributed by atoms with Crippen molar-refractivity contribution in [3.05, 3.63) is 65.2 Å². The lowest BCUT2D eigenvalue weighted by molar-refractivity contribution is -0.124. The van der Waals surface area contributed by atoms with Crippen molar-refractivity contribution in [1.29, 1.82) is 0 Å². The molecule has 0 aliphatic carbocycles. The highest BCUT2D eigenvalue weighted by atomic mass is 19.3. The van der Waals surface area contributed by atoms with Crippen molar-refractivity contribution in [3.8, 4) is 5.75 Å². The molecule has 9 heteroatoms. The molecule has 1 amide bonds. The first-order valence-electron chi connectivity index (χ1n) is 7.72. The summed E-state index contributed by atoms with van der Waals surface area (Å²) in [6, 6.07) is 6.89. The maximum absolute atomic E-state index is 13.7. The number of hydrogen-bond donors (Lipinski definition) is 1. The quantitative estimate of drug-likeness (QED) is 0.584. The molecule has 2 rings (SSSR count). The molecule has 0 fully saturated rings. The summed E-state index contributed by atoms with van der Waals surface area (Å²) in [6.07, 6.45) is 0. The van der Waals surface area contributed by atoms with Crippen LogP contribution < -0.4 is 10.1 Å². The van der Waals surface area contributed by atoms with E-state index in [-0.39, 0.29) is 16.9 Å². The van der Waals surface area contributed by atoms with Gasteiger partial charge in [0.1, 0.15) is 17.4 Å². The standard InChI is InChI=1S/C18H15F4NO4/c1-10(14-7-4-12(19)8-15(14)20)23-16(24)9-26-17(25)11-2-5-13(6-3-11)27-18(21)22/h2-8,10,18H,9H2,1H3,(H,23,24)/t10-/m0/s1. The van der Waals surface area contributed by atoms with E-state index in [0.29, 0.717) is 6.07 Å². The predicted molar refractivity (Wildman–Crippen MR) is 86.3 cm³/mol. The predicted octanol–water partition coefficient (Wildman–Crippen LogP) is 3.60. The fraction of sp³-hybridized carbons (Fsp3) is 0.222. The van der Waals surface area contributed by atoms with E-state index in [1.165, 1.54) is 25.1 Å². The number of carbonyl (C=O) groups excluding carboxylic acids is 2. The van der Waals surface area contributed by atoms with Gasteiger partial charge in [-0.1, -0.05) is 6.07 Å². The first-order chi connectivity index (χ1) is 12.8. The van der Waals surface area contributed by atoms with Crippen LogP contribution in [0.3, 0.4) is 0 Å². The number of rotatable bonds is 7. The van der Waals surface area contributed by atoms with Crippen molar-refractivity contribution >= 4 is 11.9 Å². The molecule has 0 aromatic heterocycles. The Bertz CT molecular complexity index is 812. The largest absolute Gasteiger partial charge is 0.452 e. The molecule has 0 bridgehead atoms. The molecule has 2 aromatic carbocycles. The summed E-state index contributed by atoms with van der Waals surface area (Å²) in [5.74, 6) is -3.24. The Morgan fingerprint density at radius 1 is 1.07 bits per heavy atom. The number of amides is 1. The Labute approximate surface area is 151 Å². The first-order valence-corrected chi connectivity index (χ1v) is 7.72. The fourth-order valence-corrected chi connectivity index (χ4v) is 2.20. The Morgan fingerprint density at radius 3 is 2.33 bits per heavy atom. The van der Waals surface area contributed by atoms with Crippen LogP contribution in [0.15, 0.2) is 42.5 Å². The number of halogens is 4. The average Bonchev–Trinajstić information content (AvgIpc) is 2.59. The SMILES string of the molecule is C[C@H](NC(=O)COC(=O)c1ccc(OC(F)F)cc1)c1ccc(F)cc1F. The molecule has 27 heavy (non-hydrogen) atoms. The Kier molecular flexibility index (Phi) is 6.75. The molecule has 0 unspecified atom stereocenters. The van der Waals surface area contributed by atoms with Crippen LogP contribution in [0.25, 0.3) is 0 Å². The summed E-state index contributed by atoms with van der Waals surface area (Å²) in [6.45, 7) is -2.14. The van der Waals surface area contributed by atoms with Crippen LogP contribution in [0.2, 0.25) is 0 Å². The smallest absolute Gasteiger partial charge is 0.387 e. The Balaban J connectivity index is 1.86. The highest BCUT2D eigenvalue weighted by molar-refractivity contribution is 5.91. The maximum atomic E-state index is 13.7. The van der Waals surface area contributed by atoms with Gasteiger partial charge in [0.2, 0.25) is 0 Å². The molecule has 0 saturated carbocycles. The molecule has 0 radical (unpaired) electrons. The number of alkyl halides is 2. The van der Waals surface area contributed by atoms with Gasteiger partial charge in [-0.05, 0) is 37.3 Å². The van der Waals surface area contributed by atoms with Crippen LogP contribution in [-0.4, -0.2) is 25.1 Å². The summed E-state index contributed by atoms with van der Waals surface area (Å²) in [7, 11) is 0. The van der Waals surface area contributed by atoms with E-state index in [4.69, 9.17) is 4.74 Å². The van der Waals surface area contributed by atoms with Gasteiger partial charge in [0.25, 0.3) is 5.91 Å². The lowest BCUT2D eigenvalue weighted by Crippen LogP contribution is -2.31. The van der Waals surface area contributed by atoms with Crippen LogP contribution in [0, 0.1) is 11.6 Å². The third-order valence-corrected chi connectivity index (χ3v) is 3.46. The zero-order valence-electron chi connectivity index (χ0n) is 14.0. The molecule has 0 heterocycles. The van der Waals surface area contributed by atoms with Gasteiger partial charge in [0.05, 0.1) is 11.6 Å². The van der Waals surface area contributed by atoms with Crippen LogP contribution in [0.5, 0.6) is 5.75 Å². The molecule has 0 aliphatic heterocycles. The summed E-state index contributed by atoms with van der Waals surface area (Å²) >= 11 is 0. The minimum atomic E-state index is -2.99. The second-order valence-corrected chi connectivity index (χ2v) is 5.43. The zero-order chi connectivity index (χ0) is 20.0. The van der Waals surface area contributed by atoms with Crippen molar-refractivity contribution in [2.24, 2.45) is 0 Å². The zero-order valence-corrected chi connectivity index (χ0v) is 14.0. The highest BCUT2D eigenvalue weighted by Gasteiger charge is 2.16. The highest BCUT2D eigenvalue weighted by Crippen LogP contribution is 2.18. The van der Waals surface area contributed by atoms with Gasteiger partial charge in [-0.25, -0.2) is 13.6 Å². The van der Waals surface area contributed by atoms with Gasteiger partial charge in [0, 0.05) is 11.6 Å². The van der Waals surface area contributed by atoms with Crippen molar-refractivity contribution < 1.29 is 36.6 Å². The molecule has 2 aromatic rings. The van der Waals surface area contributed by atoms with Gasteiger partial charge >= 0.3 is 12.6 Å². The number of esters is 1. The lowest BCUT2D eigenvalue weighted by atomic mass is 10.1. The third kappa shape index (κ3) is 5.98. The van der Waals surface area contributed by atoms with E-state index in [1.54, 1.807) is 0 Å². The monoisotopic (exact) mass is 385 g/mol. The van der Waals surface area contributed by atoms with Gasteiger partial charge in [0.15, 0.2) is 6.61 Å². The Hall–Kier alpha value is -3.10. The van der Waals surface area contributed by atoms with Gasteiger partial charge < -0.3 is 14.8 Å². The normalized spacial score (nSPS) is 11.8. The van der Waals surface area contributed by atoms with Crippen LogP contribution >= 0.6 is 0 Å². The summed E-state index contributed by atoms with van der Waals surface area (Å²) < 4.78 is 59.6. The number of benzene rings is 2. The van der Waals surface area contributed by atoms with Crippen LogP contribution in [-0.2, 0) is 9.53 Å². The van der Waals surface area contributed by atoms with Crippen molar-refractivity contribution in [2.45, 2.75) is 19.6 Å². The third-order valence-electron chi connectivity index (χ3n) is 3.46. The first kappa shape index (κ1) is 20.2. The Morgan fingerprint density at radius 2 is 1.74 bits per heavy atom. The van der Waals surface area contributed by atoms with Crippen molar-refractivity contribution in [2.75, 3.05) is 6.61 Å². The van der Waals surface area contributed by atoms with Gasteiger partial charge in [-0.3, -0.25) is 4.79 Å². The molecule has 5 nitrogen and oxygen atoms in total. The van der Waals surface area contributed by atoms with E-state index in [1.807, 2.05) is 0 Å². The molecular weight excluding hydrogens is 370 g/mol. The van der Waals surface area contributed by atoms with Crippen molar-refractivity contribution in [3.63, 3.8) is 0 Å².